The van der Waals surface area contributed by atoms with Gasteiger partial charge in [-0.05, 0) is 6.42 Å². The van der Waals surface area contributed by atoms with E-state index < -0.39 is 8.80 Å². The molecule has 0 bridgehead atoms. The zero-order valence-corrected chi connectivity index (χ0v) is 10.2. The molecule has 0 aliphatic rings. The number of halogens is 1. The molecular weight excluding hydrogens is 216 g/mol. The molecule has 0 amide bonds. The van der Waals surface area contributed by atoms with E-state index in [4.69, 9.17) is 24.9 Å². The minimum Gasteiger partial charge on any atom is -0.377 e. The molecule has 0 fully saturated rings. The van der Waals surface area contributed by atoms with Crippen LogP contribution >= 0.6 is 24.2 Å². The van der Waals surface area contributed by atoms with Gasteiger partial charge >= 0.3 is 8.80 Å². The molecule has 12 heavy (non-hydrogen) atoms. The summed E-state index contributed by atoms with van der Waals surface area (Å²) in [4.78, 5) is 0. The van der Waals surface area contributed by atoms with Gasteiger partial charge in [0.25, 0.3) is 0 Å². The van der Waals surface area contributed by atoms with Crippen molar-refractivity contribution in [3.05, 3.63) is 0 Å². The average Bonchev–Trinajstić information content (AvgIpc) is 2.08. The van der Waals surface area contributed by atoms with Gasteiger partial charge in [-0.3, -0.25) is 0 Å². The van der Waals surface area contributed by atoms with E-state index in [9.17, 15) is 0 Å². The number of hydrogen-bond donors (Lipinski definition) is 1. The Balaban J connectivity index is 3.93. The molecule has 0 aromatic rings. The third-order valence-corrected chi connectivity index (χ3v) is 4.87. The summed E-state index contributed by atoms with van der Waals surface area (Å²) >= 11 is 9.72. The fourth-order valence-corrected chi connectivity index (χ4v) is 3.27. The van der Waals surface area contributed by atoms with Gasteiger partial charge in [-0.1, -0.05) is 0 Å². The van der Waals surface area contributed by atoms with Crippen LogP contribution in [0.1, 0.15) is 6.42 Å². The molecule has 0 aromatic carbocycles. The van der Waals surface area contributed by atoms with Crippen LogP contribution in [0.25, 0.3) is 0 Å². The maximum absolute atomic E-state index is 5.67. The fourth-order valence-electron chi connectivity index (χ4n) is 0.852. The summed E-state index contributed by atoms with van der Waals surface area (Å²) in [5.74, 6) is 0. The first-order chi connectivity index (χ1) is 5.60. The lowest BCUT2D eigenvalue weighted by Gasteiger charge is -2.24. The van der Waals surface area contributed by atoms with E-state index >= 15 is 0 Å². The third kappa shape index (κ3) is 4.11. The first kappa shape index (κ1) is 12.7. The minimum absolute atomic E-state index is 0.169. The van der Waals surface area contributed by atoms with Gasteiger partial charge in [-0.2, -0.15) is 12.6 Å². The van der Waals surface area contributed by atoms with Gasteiger partial charge in [-0.25, -0.2) is 0 Å². The fraction of sp³-hybridized carbons (Fsp3) is 1.00. The van der Waals surface area contributed by atoms with Crippen molar-refractivity contribution < 1.29 is 13.3 Å². The van der Waals surface area contributed by atoms with Gasteiger partial charge in [0.1, 0.15) is 0 Å². The predicted octanol–water partition coefficient (Wildman–Crippen LogP) is 1.75. The normalized spacial score (nSPS) is 14.8. The molecule has 0 heterocycles. The summed E-state index contributed by atoms with van der Waals surface area (Å²) in [7, 11) is 2.34. The van der Waals surface area contributed by atoms with Crippen molar-refractivity contribution in [3.8, 4) is 0 Å². The van der Waals surface area contributed by atoms with E-state index in [0.29, 0.717) is 12.5 Å². The highest BCUT2D eigenvalue weighted by atomic mass is 35.5. The first-order valence-corrected chi connectivity index (χ1v) is 6.46. The van der Waals surface area contributed by atoms with Crippen molar-refractivity contribution in [1.29, 1.82) is 0 Å². The Kier molecular flexibility index (Phi) is 6.61. The molecule has 0 spiro atoms. The second-order valence-corrected chi connectivity index (χ2v) is 6.81. The van der Waals surface area contributed by atoms with E-state index in [1.54, 1.807) is 21.3 Å². The second kappa shape index (κ2) is 6.23. The van der Waals surface area contributed by atoms with Crippen LogP contribution in [0.2, 0.25) is 6.04 Å². The van der Waals surface area contributed by atoms with E-state index in [1.165, 1.54) is 0 Å². The predicted molar refractivity (Wildman–Crippen MR) is 54.8 cm³/mol. The van der Waals surface area contributed by atoms with Gasteiger partial charge in [0.15, 0.2) is 0 Å². The number of rotatable bonds is 6. The molecule has 3 nitrogen and oxygen atoms in total. The molecular formula is C6H15ClO3SSi. The lowest BCUT2D eigenvalue weighted by molar-refractivity contribution is 0.123. The molecule has 0 rings (SSSR count). The Bertz CT molecular complexity index is 113. The summed E-state index contributed by atoms with van der Waals surface area (Å²) in [5.41, 5.74) is 0. The lowest BCUT2D eigenvalue weighted by atomic mass is 10.6. The lowest BCUT2D eigenvalue weighted by Crippen LogP contribution is -2.42. The van der Waals surface area contributed by atoms with E-state index in [-0.39, 0.29) is 4.71 Å². The SMILES string of the molecule is CO[Si](CCC(S)Cl)(OC)OC. The first-order valence-electron chi connectivity index (χ1n) is 3.58. The molecule has 1 unspecified atom stereocenters. The van der Waals surface area contributed by atoms with Crippen LogP contribution in [-0.2, 0) is 13.3 Å². The average molecular weight is 231 g/mol. The Morgan fingerprint density at radius 1 is 1.25 bits per heavy atom. The minimum atomic E-state index is -2.41. The smallest absolute Gasteiger partial charge is 0.377 e. The summed E-state index contributed by atoms with van der Waals surface area (Å²) in [6.45, 7) is 0. The van der Waals surface area contributed by atoms with Crippen molar-refractivity contribution in [1.82, 2.24) is 0 Å². The Hall–Kier alpha value is 0.737. The van der Waals surface area contributed by atoms with Crippen LogP contribution in [0, 0.1) is 0 Å². The molecule has 0 radical (unpaired) electrons. The van der Waals surface area contributed by atoms with Gasteiger partial charge in [-0.15, -0.1) is 11.6 Å². The summed E-state index contributed by atoms with van der Waals surface area (Å²) in [6.07, 6.45) is 0.715. The Morgan fingerprint density at radius 2 is 1.67 bits per heavy atom. The zero-order chi connectivity index (χ0) is 9.61. The molecule has 0 aliphatic heterocycles. The Labute approximate surface area is 85.1 Å². The molecule has 0 saturated carbocycles. The summed E-state index contributed by atoms with van der Waals surface area (Å²) in [5, 5.41) is 0. The van der Waals surface area contributed by atoms with Crippen LogP contribution in [0.4, 0.5) is 0 Å². The van der Waals surface area contributed by atoms with Crippen molar-refractivity contribution in [3.63, 3.8) is 0 Å². The topological polar surface area (TPSA) is 27.7 Å². The number of hydrogen-bond acceptors (Lipinski definition) is 4. The molecule has 1 atom stereocenters. The quantitative estimate of drug-likeness (QED) is 0.428. The molecule has 0 aliphatic carbocycles. The number of alkyl halides is 1. The van der Waals surface area contributed by atoms with E-state index in [2.05, 4.69) is 12.6 Å². The summed E-state index contributed by atoms with van der Waals surface area (Å²) < 4.78 is 15.4. The van der Waals surface area contributed by atoms with Crippen molar-refractivity contribution >= 4 is 33.0 Å². The van der Waals surface area contributed by atoms with Crippen LogP contribution in [-0.4, -0.2) is 34.8 Å². The maximum Gasteiger partial charge on any atom is 0.500 e. The molecule has 0 saturated heterocycles. The van der Waals surface area contributed by atoms with Crippen LogP contribution in [0.5, 0.6) is 0 Å². The van der Waals surface area contributed by atoms with Crippen LogP contribution < -0.4 is 0 Å². The molecule has 0 N–H and O–H groups in total. The van der Waals surface area contributed by atoms with Gasteiger partial charge in [0, 0.05) is 27.4 Å². The maximum atomic E-state index is 5.67. The molecule has 6 heteroatoms. The van der Waals surface area contributed by atoms with Crippen molar-refractivity contribution in [2.75, 3.05) is 21.3 Å². The van der Waals surface area contributed by atoms with Gasteiger partial charge in [0.05, 0.1) is 4.71 Å². The zero-order valence-electron chi connectivity index (χ0n) is 7.54. The Morgan fingerprint density at radius 3 is 1.92 bits per heavy atom. The molecule has 0 aromatic heterocycles. The largest absolute Gasteiger partial charge is 0.500 e. The monoisotopic (exact) mass is 230 g/mol. The molecule has 74 valence electrons. The highest BCUT2D eigenvalue weighted by Crippen LogP contribution is 2.19. The van der Waals surface area contributed by atoms with Gasteiger partial charge in [0.2, 0.25) is 0 Å². The van der Waals surface area contributed by atoms with Crippen LogP contribution in [0.15, 0.2) is 0 Å². The van der Waals surface area contributed by atoms with Crippen molar-refractivity contribution in [2.45, 2.75) is 17.2 Å². The van der Waals surface area contributed by atoms with Gasteiger partial charge < -0.3 is 13.3 Å². The third-order valence-electron chi connectivity index (χ3n) is 1.62. The number of thiol groups is 1. The standard InChI is InChI=1S/C6H15ClO3SSi/c1-8-12(9-2,10-3)5-4-6(7)11/h6,11H,4-5H2,1-3H3. The highest BCUT2D eigenvalue weighted by molar-refractivity contribution is 7.82. The van der Waals surface area contributed by atoms with Crippen LogP contribution in [0.3, 0.4) is 0 Å². The highest BCUT2D eigenvalue weighted by Gasteiger charge is 2.37. The summed E-state index contributed by atoms with van der Waals surface area (Å²) in [6, 6.07) is 0.689. The van der Waals surface area contributed by atoms with E-state index in [1.807, 2.05) is 0 Å². The van der Waals surface area contributed by atoms with E-state index in [0.717, 1.165) is 0 Å². The van der Waals surface area contributed by atoms with Crippen molar-refractivity contribution in [2.24, 2.45) is 0 Å². The second-order valence-electron chi connectivity index (χ2n) is 2.27.